The first-order chi connectivity index (χ1) is 12.5. The first-order valence-electron chi connectivity index (χ1n) is 7.45. The second-order valence-electron chi connectivity index (χ2n) is 5.10. The number of carbonyl (C=O) groups is 2. The first-order valence-corrected chi connectivity index (χ1v) is 9.14. The Balaban J connectivity index is 1.57. The highest BCUT2D eigenvalue weighted by Crippen LogP contribution is 2.19. The van der Waals surface area contributed by atoms with Crippen LogP contribution in [0.3, 0.4) is 0 Å². The number of nitrogens with zero attached hydrogens (tertiary/aromatic N) is 2. The summed E-state index contributed by atoms with van der Waals surface area (Å²) in [7, 11) is 0. The van der Waals surface area contributed by atoms with Crippen LogP contribution in [-0.2, 0) is 0 Å². The number of aryl methyl sites for hydroxylation is 1. The predicted molar refractivity (Wildman–Crippen MR) is 102 cm³/mol. The van der Waals surface area contributed by atoms with E-state index in [0.717, 1.165) is 16.9 Å². The summed E-state index contributed by atoms with van der Waals surface area (Å²) in [5, 5.41) is 6.06. The number of thiazole rings is 1. The molecular formula is C17H14N4O3S2. The Kier molecular flexibility index (Phi) is 5.40. The summed E-state index contributed by atoms with van der Waals surface area (Å²) in [5.41, 5.74) is 9.30. The number of aromatic nitrogens is 1. The van der Waals surface area contributed by atoms with E-state index >= 15 is 0 Å². The van der Waals surface area contributed by atoms with Crippen LogP contribution < -0.4 is 15.9 Å². The lowest BCUT2D eigenvalue weighted by atomic mass is 10.2. The van der Waals surface area contributed by atoms with E-state index in [9.17, 15) is 9.59 Å². The fourth-order valence-electron chi connectivity index (χ4n) is 2.02. The molecule has 3 N–H and O–H groups in total. The van der Waals surface area contributed by atoms with E-state index in [-0.39, 0.29) is 5.91 Å². The summed E-state index contributed by atoms with van der Waals surface area (Å²) in [4.78, 5) is 28.8. The predicted octanol–water partition coefficient (Wildman–Crippen LogP) is 3.08. The number of rotatable bonds is 5. The Morgan fingerprint density at radius 3 is 2.65 bits per heavy atom. The Bertz CT molecular complexity index is 947. The molecule has 3 rings (SSSR count). The highest BCUT2D eigenvalue weighted by atomic mass is 32.1. The van der Waals surface area contributed by atoms with Gasteiger partial charge >= 0.3 is 5.97 Å². The minimum atomic E-state index is -0.395. The third-order valence-electron chi connectivity index (χ3n) is 3.21. The summed E-state index contributed by atoms with van der Waals surface area (Å²) in [5.74, 6) is -0.331. The summed E-state index contributed by atoms with van der Waals surface area (Å²) < 4.78 is 5.27. The van der Waals surface area contributed by atoms with Gasteiger partial charge in [-0.2, -0.15) is 5.10 Å². The van der Waals surface area contributed by atoms with E-state index < -0.39 is 5.97 Å². The number of hydrogen-bond donors (Lipinski definition) is 2. The van der Waals surface area contributed by atoms with Gasteiger partial charge in [0.05, 0.1) is 11.9 Å². The molecule has 0 saturated heterocycles. The highest BCUT2D eigenvalue weighted by Gasteiger charge is 2.13. The maximum atomic E-state index is 12.0. The zero-order valence-electron chi connectivity index (χ0n) is 13.6. The van der Waals surface area contributed by atoms with Crippen molar-refractivity contribution in [3.63, 3.8) is 0 Å². The second-order valence-corrected chi connectivity index (χ2v) is 7.08. The molecular weight excluding hydrogens is 372 g/mol. The standard InChI is InChI=1S/C17H14N4O3S2/c1-10-14(26-17(18)20-10)15(22)21-19-9-11-4-6-12(7-5-11)24-16(23)13-3-2-8-25-13/h2-9H,1H3,(H2,18,20)(H,21,22)/b19-9-. The molecule has 9 heteroatoms. The second kappa shape index (κ2) is 7.89. The average Bonchev–Trinajstić information content (AvgIpc) is 3.26. The number of thiophene rings is 1. The molecule has 0 aliphatic carbocycles. The molecule has 0 unspecified atom stereocenters. The number of ether oxygens (including phenoxy) is 1. The fourth-order valence-corrected chi connectivity index (χ4v) is 3.34. The van der Waals surface area contributed by atoms with Gasteiger partial charge in [-0.25, -0.2) is 15.2 Å². The molecule has 0 fully saturated rings. The number of nitrogens with two attached hydrogens (primary N) is 1. The van der Waals surface area contributed by atoms with Crippen molar-refractivity contribution in [2.45, 2.75) is 6.92 Å². The molecule has 1 aromatic carbocycles. The fraction of sp³-hybridized carbons (Fsp3) is 0.0588. The smallest absolute Gasteiger partial charge is 0.353 e. The van der Waals surface area contributed by atoms with Crippen LogP contribution in [0, 0.1) is 6.92 Å². The molecule has 0 aliphatic heterocycles. The Morgan fingerprint density at radius 2 is 2.04 bits per heavy atom. The molecule has 2 aromatic heterocycles. The molecule has 0 spiro atoms. The number of esters is 1. The molecule has 26 heavy (non-hydrogen) atoms. The van der Waals surface area contributed by atoms with Crippen molar-refractivity contribution in [3.8, 4) is 5.75 Å². The van der Waals surface area contributed by atoms with E-state index in [1.54, 1.807) is 43.3 Å². The molecule has 3 aromatic rings. The van der Waals surface area contributed by atoms with Crippen molar-refractivity contribution < 1.29 is 14.3 Å². The maximum absolute atomic E-state index is 12.0. The van der Waals surface area contributed by atoms with E-state index in [2.05, 4.69) is 15.5 Å². The molecule has 0 saturated carbocycles. The van der Waals surface area contributed by atoms with Crippen LogP contribution >= 0.6 is 22.7 Å². The minimum Gasteiger partial charge on any atom is -0.422 e. The van der Waals surface area contributed by atoms with Crippen molar-refractivity contribution in [2.24, 2.45) is 5.10 Å². The quantitative estimate of drug-likeness (QED) is 0.303. The van der Waals surface area contributed by atoms with Gasteiger partial charge in [-0.15, -0.1) is 11.3 Å². The van der Waals surface area contributed by atoms with Crippen LogP contribution in [0.1, 0.15) is 30.6 Å². The summed E-state index contributed by atoms with van der Waals surface area (Å²) in [6, 6.07) is 10.3. The van der Waals surface area contributed by atoms with Crippen LogP contribution in [-0.4, -0.2) is 23.1 Å². The lowest BCUT2D eigenvalue weighted by molar-refractivity contribution is 0.0739. The molecule has 0 radical (unpaired) electrons. The van der Waals surface area contributed by atoms with Gasteiger partial charge in [0, 0.05) is 0 Å². The third kappa shape index (κ3) is 4.32. The zero-order valence-corrected chi connectivity index (χ0v) is 15.3. The van der Waals surface area contributed by atoms with E-state index in [0.29, 0.717) is 26.3 Å². The molecule has 2 heterocycles. The Morgan fingerprint density at radius 1 is 1.27 bits per heavy atom. The number of nitrogen functional groups attached to an aromatic ring is 1. The normalized spacial score (nSPS) is 10.8. The van der Waals surface area contributed by atoms with E-state index in [4.69, 9.17) is 10.5 Å². The van der Waals surface area contributed by atoms with Gasteiger partial charge in [0.25, 0.3) is 5.91 Å². The van der Waals surface area contributed by atoms with Crippen molar-refractivity contribution in [1.82, 2.24) is 10.4 Å². The van der Waals surface area contributed by atoms with Gasteiger partial charge in [-0.1, -0.05) is 17.4 Å². The number of hydrogen-bond acceptors (Lipinski definition) is 8. The van der Waals surface area contributed by atoms with Crippen molar-refractivity contribution in [3.05, 3.63) is 62.8 Å². The number of carbonyl (C=O) groups excluding carboxylic acids is 2. The van der Waals surface area contributed by atoms with Crippen LogP contribution in [0.2, 0.25) is 0 Å². The van der Waals surface area contributed by atoms with Crippen LogP contribution in [0.5, 0.6) is 5.75 Å². The molecule has 0 bridgehead atoms. The lowest BCUT2D eigenvalue weighted by Crippen LogP contribution is -2.17. The van der Waals surface area contributed by atoms with Crippen molar-refractivity contribution in [1.29, 1.82) is 0 Å². The number of anilines is 1. The Labute approximate surface area is 157 Å². The molecule has 0 aliphatic rings. The average molecular weight is 386 g/mol. The number of amides is 1. The van der Waals surface area contributed by atoms with Gasteiger partial charge in [-0.05, 0) is 48.2 Å². The van der Waals surface area contributed by atoms with Gasteiger partial charge in [0.2, 0.25) is 0 Å². The Hall–Kier alpha value is -3.04. The van der Waals surface area contributed by atoms with Crippen LogP contribution in [0.25, 0.3) is 0 Å². The third-order valence-corrected chi connectivity index (χ3v) is 5.05. The SMILES string of the molecule is Cc1nc(N)sc1C(=O)N/N=C\c1ccc(OC(=O)c2cccs2)cc1. The molecule has 1 amide bonds. The largest absolute Gasteiger partial charge is 0.422 e. The topological polar surface area (TPSA) is 107 Å². The lowest BCUT2D eigenvalue weighted by Gasteiger charge is -2.02. The number of nitrogens with one attached hydrogen (secondary N) is 1. The number of benzene rings is 1. The monoisotopic (exact) mass is 386 g/mol. The zero-order chi connectivity index (χ0) is 18.5. The van der Waals surface area contributed by atoms with Gasteiger partial charge in [0.15, 0.2) is 5.13 Å². The molecule has 7 nitrogen and oxygen atoms in total. The maximum Gasteiger partial charge on any atom is 0.353 e. The van der Waals surface area contributed by atoms with Crippen molar-refractivity contribution in [2.75, 3.05) is 5.73 Å². The summed E-state index contributed by atoms with van der Waals surface area (Å²) in [6.07, 6.45) is 1.49. The van der Waals surface area contributed by atoms with Gasteiger partial charge in [-0.3, -0.25) is 4.79 Å². The van der Waals surface area contributed by atoms with Gasteiger partial charge in [0.1, 0.15) is 15.5 Å². The van der Waals surface area contributed by atoms with Crippen LogP contribution in [0.15, 0.2) is 46.9 Å². The van der Waals surface area contributed by atoms with Gasteiger partial charge < -0.3 is 10.5 Å². The number of hydrazone groups is 1. The van der Waals surface area contributed by atoms with E-state index in [1.807, 2.05) is 5.38 Å². The molecule has 0 atom stereocenters. The summed E-state index contributed by atoms with van der Waals surface area (Å²) >= 11 is 2.43. The minimum absolute atomic E-state index is 0.337. The van der Waals surface area contributed by atoms with Crippen LogP contribution in [0.4, 0.5) is 5.13 Å². The van der Waals surface area contributed by atoms with Crippen molar-refractivity contribution >= 4 is 45.9 Å². The van der Waals surface area contributed by atoms with E-state index in [1.165, 1.54) is 17.6 Å². The molecule has 132 valence electrons. The summed E-state index contributed by atoms with van der Waals surface area (Å²) in [6.45, 7) is 1.71. The first kappa shape index (κ1) is 17.8. The highest BCUT2D eigenvalue weighted by molar-refractivity contribution is 7.17.